The summed E-state index contributed by atoms with van der Waals surface area (Å²) in [4.78, 5) is 25.1. The van der Waals surface area contributed by atoms with E-state index in [0.29, 0.717) is 5.56 Å². The first-order valence-corrected chi connectivity index (χ1v) is 9.44. The van der Waals surface area contributed by atoms with E-state index in [1.165, 1.54) is 12.1 Å². The first kappa shape index (κ1) is 18.7. The third-order valence-electron chi connectivity index (χ3n) is 5.67. The highest BCUT2D eigenvalue weighted by molar-refractivity contribution is 6.04. The molecule has 29 heavy (non-hydrogen) atoms. The van der Waals surface area contributed by atoms with Crippen molar-refractivity contribution in [2.75, 3.05) is 12.3 Å². The van der Waals surface area contributed by atoms with Crippen LogP contribution in [0.15, 0.2) is 60.7 Å². The number of rotatable bonds is 4. The summed E-state index contributed by atoms with van der Waals surface area (Å²) in [7, 11) is 0. The number of benzene rings is 3. The minimum absolute atomic E-state index is 0.0382. The fourth-order valence-electron chi connectivity index (χ4n) is 4.46. The lowest BCUT2D eigenvalue weighted by Gasteiger charge is -2.32. The van der Waals surface area contributed by atoms with Crippen LogP contribution in [-0.4, -0.2) is 23.7 Å². The van der Waals surface area contributed by atoms with Crippen LogP contribution < -0.4 is 5.73 Å². The van der Waals surface area contributed by atoms with Gasteiger partial charge in [0.2, 0.25) is 0 Å². The zero-order chi connectivity index (χ0) is 20.8. The van der Waals surface area contributed by atoms with Gasteiger partial charge in [-0.3, -0.25) is 0 Å². The molecular formula is C24H21NO4. The predicted octanol–water partition coefficient (Wildman–Crippen LogP) is 4.48. The number of carbonyl (C=O) groups excluding carboxylic acids is 1. The van der Waals surface area contributed by atoms with Gasteiger partial charge in [-0.1, -0.05) is 48.5 Å². The first-order chi connectivity index (χ1) is 13.9. The lowest BCUT2D eigenvalue weighted by atomic mass is 9.70. The summed E-state index contributed by atoms with van der Waals surface area (Å²) >= 11 is 0. The third-order valence-corrected chi connectivity index (χ3v) is 5.67. The van der Waals surface area contributed by atoms with Gasteiger partial charge in [-0.25, -0.2) is 9.59 Å². The summed E-state index contributed by atoms with van der Waals surface area (Å²) in [6, 6.07) is 18.6. The number of esters is 1. The SMILES string of the molecule is CCOC(=O)c1c(N)ccc(C(=O)O)c1C1(C)c2ccccc2-c2ccccc21. The molecule has 0 radical (unpaired) electrons. The molecule has 3 aromatic carbocycles. The molecule has 0 atom stereocenters. The third kappa shape index (κ3) is 2.62. The molecule has 0 aromatic heterocycles. The van der Waals surface area contributed by atoms with E-state index in [1.807, 2.05) is 55.5 Å². The van der Waals surface area contributed by atoms with E-state index in [2.05, 4.69) is 0 Å². The Hall–Kier alpha value is -3.60. The summed E-state index contributed by atoms with van der Waals surface area (Å²) < 4.78 is 5.25. The predicted molar refractivity (Wildman–Crippen MR) is 111 cm³/mol. The van der Waals surface area contributed by atoms with E-state index in [-0.39, 0.29) is 23.4 Å². The van der Waals surface area contributed by atoms with Crippen molar-refractivity contribution >= 4 is 17.6 Å². The summed E-state index contributed by atoms with van der Waals surface area (Å²) in [5, 5.41) is 9.97. The molecule has 5 nitrogen and oxygen atoms in total. The number of hydrogen-bond donors (Lipinski definition) is 2. The maximum atomic E-state index is 12.9. The highest BCUT2D eigenvalue weighted by Crippen LogP contribution is 2.54. The van der Waals surface area contributed by atoms with Crippen molar-refractivity contribution in [1.29, 1.82) is 0 Å². The number of hydrogen-bond acceptors (Lipinski definition) is 4. The minimum Gasteiger partial charge on any atom is -0.478 e. The summed E-state index contributed by atoms with van der Waals surface area (Å²) in [5.74, 6) is -1.74. The number of carbonyl (C=O) groups is 2. The largest absolute Gasteiger partial charge is 0.478 e. The van der Waals surface area contributed by atoms with Crippen molar-refractivity contribution in [3.05, 3.63) is 88.5 Å². The molecule has 0 fully saturated rings. The van der Waals surface area contributed by atoms with Gasteiger partial charge in [0.05, 0.1) is 17.7 Å². The van der Waals surface area contributed by atoms with Crippen molar-refractivity contribution in [1.82, 2.24) is 0 Å². The van der Waals surface area contributed by atoms with Gasteiger partial charge in [0, 0.05) is 11.1 Å². The second-order valence-electron chi connectivity index (χ2n) is 7.19. The Bertz CT molecular complexity index is 1100. The van der Waals surface area contributed by atoms with Gasteiger partial charge in [-0.2, -0.15) is 0 Å². The number of ether oxygens (including phenoxy) is 1. The van der Waals surface area contributed by atoms with E-state index in [1.54, 1.807) is 6.92 Å². The van der Waals surface area contributed by atoms with E-state index < -0.39 is 17.4 Å². The second kappa shape index (κ2) is 6.78. The van der Waals surface area contributed by atoms with Crippen molar-refractivity contribution in [3.8, 4) is 11.1 Å². The van der Waals surface area contributed by atoms with E-state index in [0.717, 1.165) is 22.3 Å². The maximum absolute atomic E-state index is 12.9. The van der Waals surface area contributed by atoms with E-state index in [9.17, 15) is 14.7 Å². The molecule has 0 amide bonds. The van der Waals surface area contributed by atoms with Gasteiger partial charge in [0.25, 0.3) is 0 Å². The molecule has 3 N–H and O–H groups in total. The quantitative estimate of drug-likeness (QED) is 0.509. The van der Waals surface area contributed by atoms with Gasteiger partial charge >= 0.3 is 11.9 Å². The number of carboxylic acid groups (broad SMARTS) is 1. The molecule has 0 unspecified atom stereocenters. The summed E-state index contributed by atoms with van der Waals surface area (Å²) in [6.07, 6.45) is 0. The van der Waals surface area contributed by atoms with Crippen LogP contribution in [0.2, 0.25) is 0 Å². The molecule has 5 heteroatoms. The zero-order valence-electron chi connectivity index (χ0n) is 16.2. The van der Waals surface area contributed by atoms with Gasteiger partial charge in [0.15, 0.2) is 0 Å². The van der Waals surface area contributed by atoms with Gasteiger partial charge in [0.1, 0.15) is 0 Å². The molecule has 4 rings (SSSR count). The smallest absolute Gasteiger partial charge is 0.340 e. The number of anilines is 1. The Labute approximate surface area is 168 Å². The lowest BCUT2D eigenvalue weighted by molar-refractivity contribution is 0.0525. The second-order valence-corrected chi connectivity index (χ2v) is 7.19. The first-order valence-electron chi connectivity index (χ1n) is 9.44. The molecule has 0 saturated carbocycles. The molecule has 146 valence electrons. The maximum Gasteiger partial charge on any atom is 0.340 e. The molecule has 0 aliphatic heterocycles. The Morgan fingerprint density at radius 1 is 0.966 bits per heavy atom. The van der Waals surface area contributed by atoms with Crippen LogP contribution in [0.25, 0.3) is 11.1 Å². The molecular weight excluding hydrogens is 366 g/mol. The van der Waals surface area contributed by atoms with Gasteiger partial charge in [-0.05, 0) is 53.8 Å². The Morgan fingerprint density at radius 3 is 2.03 bits per heavy atom. The molecule has 0 heterocycles. The van der Waals surface area contributed by atoms with Crippen molar-refractivity contribution in [2.45, 2.75) is 19.3 Å². The van der Waals surface area contributed by atoms with Crippen LogP contribution >= 0.6 is 0 Å². The summed E-state index contributed by atoms with van der Waals surface area (Å²) in [5.41, 5.74) is 9.92. The standard InChI is InChI=1S/C24H21NO4/c1-3-29-23(28)20-19(25)13-12-16(22(26)27)21(20)24(2)17-10-6-4-8-14(17)15-9-5-7-11-18(15)24/h4-13H,3,25H2,1-2H3,(H,26,27). The van der Waals surface area contributed by atoms with E-state index in [4.69, 9.17) is 10.5 Å². The Morgan fingerprint density at radius 2 is 1.52 bits per heavy atom. The molecule has 0 bridgehead atoms. The normalized spacial score (nSPS) is 13.4. The molecule has 1 aliphatic carbocycles. The Balaban J connectivity index is 2.16. The highest BCUT2D eigenvalue weighted by Gasteiger charge is 2.45. The van der Waals surface area contributed by atoms with Crippen LogP contribution in [0.4, 0.5) is 5.69 Å². The fourth-order valence-corrected chi connectivity index (χ4v) is 4.46. The molecule has 3 aromatic rings. The van der Waals surface area contributed by atoms with Crippen LogP contribution in [0.3, 0.4) is 0 Å². The number of aromatic carboxylic acids is 1. The van der Waals surface area contributed by atoms with Gasteiger partial charge in [-0.15, -0.1) is 0 Å². The lowest BCUT2D eigenvalue weighted by Crippen LogP contribution is -2.30. The number of nitrogens with two attached hydrogens (primary N) is 1. The van der Waals surface area contributed by atoms with Crippen LogP contribution in [0.1, 0.15) is 51.3 Å². The van der Waals surface area contributed by atoms with Crippen molar-refractivity contribution < 1.29 is 19.4 Å². The minimum atomic E-state index is -1.12. The average molecular weight is 387 g/mol. The van der Waals surface area contributed by atoms with E-state index >= 15 is 0 Å². The monoisotopic (exact) mass is 387 g/mol. The van der Waals surface area contributed by atoms with Crippen LogP contribution in [-0.2, 0) is 10.2 Å². The molecule has 0 spiro atoms. The van der Waals surface area contributed by atoms with Crippen LogP contribution in [0.5, 0.6) is 0 Å². The summed E-state index contributed by atoms with van der Waals surface area (Å²) in [6.45, 7) is 3.82. The number of carboxylic acids is 1. The van der Waals surface area contributed by atoms with Crippen LogP contribution in [0, 0.1) is 0 Å². The number of fused-ring (bicyclic) bond motifs is 3. The number of nitrogen functional groups attached to an aromatic ring is 1. The average Bonchev–Trinajstić information content (AvgIpc) is 2.98. The van der Waals surface area contributed by atoms with Crippen molar-refractivity contribution in [2.24, 2.45) is 0 Å². The van der Waals surface area contributed by atoms with Crippen molar-refractivity contribution in [3.63, 3.8) is 0 Å². The highest BCUT2D eigenvalue weighted by atomic mass is 16.5. The molecule has 0 saturated heterocycles. The van der Waals surface area contributed by atoms with Gasteiger partial charge < -0.3 is 15.6 Å². The zero-order valence-corrected chi connectivity index (χ0v) is 16.2. The Kier molecular flexibility index (Phi) is 4.38. The fraction of sp³-hybridized carbons (Fsp3) is 0.167. The molecule has 1 aliphatic rings. The topological polar surface area (TPSA) is 89.6 Å².